The Morgan fingerprint density at radius 2 is 1.46 bits per heavy atom. The van der Waals surface area contributed by atoms with Crippen molar-refractivity contribution in [2.75, 3.05) is 6.67 Å². The third-order valence-electron chi connectivity index (χ3n) is 3.00. The first kappa shape index (κ1) is 12.9. The van der Waals surface area contributed by atoms with Crippen LogP contribution in [-0.2, 0) is 0 Å². The predicted molar refractivity (Wildman–Crippen MR) is 59.2 cm³/mol. The maximum absolute atomic E-state index is 4.62. The van der Waals surface area contributed by atoms with Crippen LogP contribution in [0.4, 0.5) is 0 Å². The van der Waals surface area contributed by atoms with Crippen molar-refractivity contribution in [3.05, 3.63) is 0 Å². The Kier molecular flexibility index (Phi) is 7.29. The van der Waals surface area contributed by atoms with Crippen LogP contribution in [0.5, 0.6) is 0 Å². The maximum atomic E-state index is 4.62. The summed E-state index contributed by atoms with van der Waals surface area (Å²) in [5.74, 6) is 2.97. The van der Waals surface area contributed by atoms with Gasteiger partial charge in [-0.1, -0.05) is 33.6 Å². The Bertz CT molecular complexity index is 105. The van der Waals surface area contributed by atoms with Crippen molar-refractivity contribution in [1.29, 1.82) is 0 Å². The van der Waals surface area contributed by atoms with Gasteiger partial charge in [0.25, 0.3) is 0 Å². The Morgan fingerprint density at radius 1 is 1.08 bits per heavy atom. The molecule has 0 unspecified atom stereocenters. The summed E-state index contributed by atoms with van der Waals surface area (Å²) in [6, 6.07) is 0. The van der Waals surface area contributed by atoms with Crippen LogP contribution < -0.4 is 11.5 Å². The van der Waals surface area contributed by atoms with Crippen molar-refractivity contribution in [1.82, 2.24) is 0 Å². The van der Waals surface area contributed by atoms with Crippen LogP contribution in [0.15, 0.2) is 0 Å². The molecule has 2 heteroatoms. The van der Waals surface area contributed by atoms with E-state index >= 15 is 0 Å². The fourth-order valence-electron chi connectivity index (χ4n) is 1.95. The first-order valence-electron chi connectivity index (χ1n) is 5.51. The van der Waals surface area contributed by atoms with Gasteiger partial charge in [0.15, 0.2) is 0 Å². The molecule has 0 radical (unpaired) electrons. The fraction of sp³-hybridized carbons (Fsp3) is 1.00. The molecule has 1 aliphatic rings. The van der Waals surface area contributed by atoms with Gasteiger partial charge in [-0.15, -0.1) is 0 Å². The van der Waals surface area contributed by atoms with E-state index in [1.54, 1.807) is 0 Å². The third-order valence-corrected chi connectivity index (χ3v) is 3.00. The molecule has 0 aromatic carbocycles. The monoisotopic (exact) mass is 186 g/mol. The molecule has 0 bridgehead atoms. The first-order valence-corrected chi connectivity index (χ1v) is 5.51. The molecule has 0 saturated heterocycles. The van der Waals surface area contributed by atoms with Gasteiger partial charge in [0.1, 0.15) is 0 Å². The fourth-order valence-corrected chi connectivity index (χ4v) is 1.95. The van der Waals surface area contributed by atoms with Crippen molar-refractivity contribution >= 4 is 0 Å². The van der Waals surface area contributed by atoms with Crippen molar-refractivity contribution in [2.24, 2.45) is 29.2 Å². The lowest BCUT2D eigenvalue weighted by Gasteiger charge is -2.28. The number of nitrogens with two attached hydrogens (primary N) is 2. The average molecular weight is 186 g/mol. The van der Waals surface area contributed by atoms with Crippen molar-refractivity contribution in [2.45, 2.75) is 46.5 Å². The third kappa shape index (κ3) is 6.05. The molecule has 0 aromatic heterocycles. The van der Waals surface area contributed by atoms with E-state index in [2.05, 4.69) is 32.2 Å². The highest BCUT2D eigenvalue weighted by Crippen LogP contribution is 2.32. The van der Waals surface area contributed by atoms with Gasteiger partial charge in [-0.25, -0.2) is 0 Å². The SMILES string of the molecule is CC1CCC(C(C)C)CC1.NCN. The average Bonchev–Trinajstić information content (AvgIpc) is 2.06. The molecule has 13 heavy (non-hydrogen) atoms. The van der Waals surface area contributed by atoms with E-state index in [1.165, 1.54) is 25.7 Å². The largest absolute Gasteiger partial charge is 0.319 e. The molecule has 1 saturated carbocycles. The van der Waals surface area contributed by atoms with Gasteiger partial charge in [0.05, 0.1) is 0 Å². The molecule has 4 N–H and O–H groups in total. The summed E-state index contributed by atoms with van der Waals surface area (Å²) < 4.78 is 0. The van der Waals surface area contributed by atoms with Crippen molar-refractivity contribution in [3.63, 3.8) is 0 Å². The second-order valence-electron chi connectivity index (χ2n) is 4.50. The van der Waals surface area contributed by atoms with E-state index in [4.69, 9.17) is 0 Å². The summed E-state index contributed by atoms with van der Waals surface area (Å²) in [5, 5.41) is 0. The molecule has 1 aliphatic carbocycles. The molecule has 0 amide bonds. The summed E-state index contributed by atoms with van der Waals surface area (Å²) in [6.07, 6.45) is 5.92. The van der Waals surface area contributed by atoms with Gasteiger partial charge < -0.3 is 11.5 Å². The van der Waals surface area contributed by atoms with Crippen LogP contribution in [0.1, 0.15) is 46.5 Å². The van der Waals surface area contributed by atoms with Crippen molar-refractivity contribution in [3.8, 4) is 0 Å². The second-order valence-corrected chi connectivity index (χ2v) is 4.50. The molecule has 80 valence electrons. The number of hydrogen-bond donors (Lipinski definition) is 2. The predicted octanol–water partition coefficient (Wildman–Crippen LogP) is 2.33. The summed E-state index contributed by atoms with van der Waals surface area (Å²) in [6.45, 7) is 7.36. The van der Waals surface area contributed by atoms with E-state index in [-0.39, 0.29) is 6.67 Å². The van der Waals surface area contributed by atoms with Gasteiger partial charge in [0, 0.05) is 6.67 Å². The lowest BCUT2D eigenvalue weighted by atomic mass is 9.78. The molecule has 0 spiro atoms. The second kappa shape index (κ2) is 7.34. The van der Waals surface area contributed by atoms with Crippen LogP contribution in [0.25, 0.3) is 0 Å². The van der Waals surface area contributed by atoms with Gasteiger partial charge in [-0.05, 0) is 30.6 Å². The Labute approximate surface area is 83.1 Å². The Morgan fingerprint density at radius 3 is 1.77 bits per heavy atom. The van der Waals surface area contributed by atoms with Crippen LogP contribution >= 0.6 is 0 Å². The molecular weight excluding hydrogens is 160 g/mol. The van der Waals surface area contributed by atoms with Crippen LogP contribution in [0.2, 0.25) is 0 Å². The topological polar surface area (TPSA) is 52.0 Å². The van der Waals surface area contributed by atoms with E-state index < -0.39 is 0 Å². The molecule has 1 rings (SSSR count). The number of hydrogen-bond acceptors (Lipinski definition) is 2. The highest BCUT2D eigenvalue weighted by atomic mass is 14.7. The van der Waals surface area contributed by atoms with Crippen molar-refractivity contribution < 1.29 is 0 Å². The summed E-state index contributed by atoms with van der Waals surface area (Å²) in [5.41, 5.74) is 9.25. The standard InChI is InChI=1S/C10H20.CH6N2/c1-8(2)10-6-4-9(3)5-7-10;2-1-3/h8-10H,4-7H2,1-3H3;1-3H2. The summed E-state index contributed by atoms with van der Waals surface area (Å²) in [4.78, 5) is 0. The van der Waals surface area contributed by atoms with Gasteiger partial charge in [-0.2, -0.15) is 0 Å². The van der Waals surface area contributed by atoms with Crippen LogP contribution in [-0.4, -0.2) is 6.67 Å². The zero-order chi connectivity index (χ0) is 10.3. The Balaban J connectivity index is 0.000000424. The van der Waals surface area contributed by atoms with Crippen LogP contribution in [0, 0.1) is 17.8 Å². The molecule has 0 aromatic rings. The smallest absolute Gasteiger partial charge is 0.0403 e. The quantitative estimate of drug-likeness (QED) is 0.618. The van der Waals surface area contributed by atoms with Gasteiger partial charge >= 0.3 is 0 Å². The molecule has 0 heterocycles. The highest BCUT2D eigenvalue weighted by Gasteiger charge is 2.19. The lowest BCUT2D eigenvalue weighted by molar-refractivity contribution is 0.234. The highest BCUT2D eigenvalue weighted by molar-refractivity contribution is 4.71. The summed E-state index contributed by atoms with van der Waals surface area (Å²) in [7, 11) is 0. The number of rotatable bonds is 1. The lowest BCUT2D eigenvalue weighted by Crippen LogP contribution is -2.16. The minimum atomic E-state index is 0.250. The molecule has 2 nitrogen and oxygen atoms in total. The summed E-state index contributed by atoms with van der Waals surface area (Å²) >= 11 is 0. The zero-order valence-corrected chi connectivity index (χ0v) is 9.42. The Hall–Kier alpha value is -0.0800. The van der Waals surface area contributed by atoms with E-state index in [0.717, 1.165) is 17.8 Å². The molecule has 1 fully saturated rings. The van der Waals surface area contributed by atoms with E-state index in [1.807, 2.05) is 0 Å². The minimum absolute atomic E-state index is 0.250. The van der Waals surface area contributed by atoms with E-state index in [9.17, 15) is 0 Å². The van der Waals surface area contributed by atoms with Crippen LogP contribution in [0.3, 0.4) is 0 Å². The first-order chi connectivity index (χ1) is 6.11. The van der Waals surface area contributed by atoms with Gasteiger partial charge in [0.2, 0.25) is 0 Å². The normalized spacial score (nSPS) is 28.2. The molecular formula is C11H26N2. The van der Waals surface area contributed by atoms with E-state index in [0.29, 0.717) is 0 Å². The van der Waals surface area contributed by atoms with Gasteiger partial charge in [-0.3, -0.25) is 0 Å². The maximum Gasteiger partial charge on any atom is 0.0403 e. The minimum Gasteiger partial charge on any atom is -0.319 e. The molecule has 0 aliphatic heterocycles. The molecule has 0 atom stereocenters. The zero-order valence-electron chi connectivity index (χ0n) is 9.42.